The Hall–Kier alpha value is -0.960. The van der Waals surface area contributed by atoms with E-state index in [1.165, 1.54) is 10.5 Å². The molecule has 0 heterocycles. The van der Waals surface area contributed by atoms with Crippen LogP contribution in [-0.4, -0.2) is 12.0 Å². The van der Waals surface area contributed by atoms with Crippen molar-refractivity contribution in [1.82, 2.24) is 0 Å². The van der Waals surface area contributed by atoms with Gasteiger partial charge in [0, 0.05) is 21.9 Å². The number of hydrogen-bond donors (Lipinski definition) is 0. The summed E-state index contributed by atoms with van der Waals surface area (Å²) in [5.41, 5.74) is 1.73. The molecule has 2 aromatic rings. The first-order chi connectivity index (χ1) is 9.61. The highest BCUT2D eigenvalue weighted by atomic mass is 35.5. The molecule has 0 aliphatic rings. The van der Waals surface area contributed by atoms with Crippen LogP contribution in [-0.2, 0) is 6.42 Å². The number of rotatable bonds is 5. The summed E-state index contributed by atoms with van der Waals surface area (Å²) in [5.74, 6) is 0.0440. The van der Waals surface area contributed by atoms with Crippen molar-refractivity contribution < 1.29 is 4.79 Å². The fourth-order valence-corrected chi connectivity index (χ4v) is 3.17. The van der Waals surface area contributed by atoms with E-state index >= 15 is 0 Å². The summed E-state index contributed by atoms with van der Waals surface area (Å²) in [6, 6.07) is 13.1. The first kappa shape index (κ1) is 15.4. The maximum Gasteiger partial charge on any atom is 0.164 e. The van der Waals surface area contributed by atoms with E-state index in [0.29, 0.717) is 22.0 Å². The van der Waals surface area contributed by atoms with Gasteiger partial charge in [-0.15, -0.1) is 11.8 Å². The first-order valence-corrected chi connectivity index (χ1v) is 8.20. The highest BCUT2D eigenvalue weighted by Crippen LogP contribution is 2.24. The van der Waals surface area contributed by atoms with E-state index in [9.17, 15) is 4.79 Å². The fraction of sp³-hybridized carbons (Fsp3) is 0.188. The van der Waals surface area contributed by atoms with Crippen LogP contribution < -0.4 is 0 Å². The number of thioether (sulfide) groups is 1. The Balaban J connectivity index is 2.09. The zero-order chi connectivity index (χ0) is 14.5. The SMILES string of the molecule is CSc1ccccc1CCC(=O)c1ccc(Cl)cc1Cl. The molecule has 0 spiro atoms. The third-order valence-corrected chi connectivity index (χ3v) is 4.43. The van der Waals surface area contributed by atoms with Crippen molar-refractivity contribution in [2.45, 2.75) is 17.7 Å². The van der Waals surface area contributed by atoms with Crippen molar-refractivity contribution in [2.24, 2.45) is 0 Å². The number of benzene rings is 2. The van der Waals surface area contributed by atoms with Crippen LogP contribution in [0.1, 0.15) is 22.3 Å². The van der Waals surface area contributed by atoms with Crippen LogP contribution in [0, 0.1) is 0 Å². The van der Waals surface area contributed by atoms with Crippen molar-refractivity contribution in [2.75, 3.05) is 6.26 Å². The van der Waals surface area contributed by atoms with E-state index in [2.05, 4.69) is 12.1 Å². The molecule has 0 amide bonds. The first-order valence-electron chi connectivity index (χ1n) is 6.22. The molecule has 0 aromatic heterocycles. The van der Waals surface area contributed by atoms with Gasteiger partial charge >= 0.3 is 0 Å². The molecular formula is C16H14Cl2OS. The maximum absolute atomic E-state index is 12.2. The molecule has 0 aliphatic heterocycles. The third-order valence-electron chi connectivity index (χ3n) is 3.05. The molecule has 4 heteroatoms. The van der Waals surface area contributed by atoms with Crippen molar-refractivity contribution >= 4 is 40.7 Å². The van der Waals surface area contributed by atoms with Gasteiger partial charge in [-0.05, 0) is 42.5 Å². The number of carbonyl (C=O) groups excluding carboxylic acids is 1. The Morgan fingerprint density at radius 1 is 1.15 bits per heavy atom. The molecule has 20 heavy (non-hydrogen) atoms. The normalized spacial score (nSPS) is 10.6. The van der Waals surface area contributed by atoms with Gasteiger partial charge in [0.1, 0.15) is 0 Å². The minimum absolute atomic E-state index is 0.0440. The van der Waals surface area contributed by atoms with E-state index in [1.807, 2.05) is 18.4 Å². The molecule has 0 bridgehead atoms. The smallest absolute Gasteiger partial charge is 0.164 e. The van der Waals surface area contributed by atoms with Gasteiger partial charge in [0.2, 0.25) is 0 Å². The predicted molar refractivity (Wildman–Crippen MR) is 87.3 cm³/mol. The number of aryl methyl sites for hydroxylation is 1. The van der Waals surface area contributed by atoms with E-state index in [0.717, 1.165) is 6.42 Å². The molecule has 2 rings (SSSR count). The quantitative estimate of drug-likeness (QED) is 0.531. The van der Waals surface area contributed by atoms with Gasteiger partial charge in [0.25, 0.3) is 0 Å². The highest BCUT2D eigenvalue weighted by Gasteiger charge is 2.11. The van der Waals surface area contributed by atoms with Crippen LogP contribution in [0.15, 0.2) is 47.4 Å². The van der Waals surface area contributed by atoms with Gasteiger partial charge in [-0.3, -0.25) is 4.79 Å². The third kappa shape index (κ3) is 3.78. The van der Waals surface area contributed by atoms with Gasteiger partial charge in [0.15, 0.2) is 5.78 Å². The number of hydrogen-bond acceptors (Lipinski definition) is 2. The Labute approximate surface area is 133 Å². The molecule has 1 nitrogen and oxygen atoms in total. The van der Waals surface area contributed by atoms with E-state index in [1.54, 1.807) is 30.0 Å². The topological polar surface area (TPSA) is 17.1 Å². The molecule has 0 atom stereocenters. The monoisotopic (exact) mass is 324 g/mol. The number of Topliss-reactive ketones (excluding diaryl/α,β-unsaturated/α-hetero) is 1. The molecule has 0 saturated carbocycles. The van der Waals surface area contributed by atoms with E-state index in [4.69, 9.17) is 23.2 Å². The van der Waals surface area contributed by atoms with Crippen LogP contribution in [0.3, 0.4) is 0 Å². The lowest BCUT2D eigenvalue weighted by atomic mass is 10.0. The summed E-state index contributed by atoms with van der Waals surface area (Å²) in [4.78, 5) is 13.4. The maximum atomic E-state index is 12.2. The Morgan fingerprint density at radius 2 is 1.90 bits per heavy atom. The van der Waals surface area contributed by atoms with Gasteiger partial charge in [-0.1, -0.05) is 41.4 Å². The summed E-state index contributed by atoms with van der Waals surface area (Å²) in [7, 11) is 0. The largest absolute Gasteiger partial charge is 0.294 e. The second kappa shape index (κ2) is 7.16. The van der Waals surface area contributed by atoms with Gasteiger partial charge in [-0.25, -0.2) is 0 Å². The molecule has 0 radical (unpaired) electrons. The lowest BCUT2D eigenvalue weighted by Gasteiger charge is -2.07. The molecule has 0 aliphatic carbocycles. The molecule has 2 aromatic carbocycles. The minimum Gasteiger partial charge on any atom is -0.294 e. The fourth-order valence-electron chi connectivity index (χ4n) is 2.01. The van der Waals surface area contributed by atoms with E-state index < -0.39 is 0 Å². The zero-order valence-corrected chi connectivity index (χ0v) is 13.4. The molecule has 0 saturated heterocycles. The number of ketones is 1. The predicted octanol–water partition coefficient (Wildman–Crippen LogP) is 5.53. The molecular weight excluding hydrogens is 311 g/mol. The molecule has 0 unspecified atom stereocenters. The van der Waals surface area contributed by atoms with Crippen LogP contribution in [0.5, 0.6) is 0 Å². The zero-order valence-electron chi connectivity index (χ0n) is 11.0. The second-order valence-corrected chi connectivity index (χ2v) is 6.05. The van der Waals surface area contributed by atoms with E-state index in [-0.39, 0.29) is 5.78 Å². The highest BCUT2D eigenvalue weighted by molar-refractivity contribution is 7.98. The lowest BCUT2D eigenvalue weighted by molar-refractivity contribution is 0.0983. The minimum atomic E-state index is 0.0440. The van der Waals surface area contributed by atoms with Gasteiger partial charge in [0.05, 0.1) is 5.02 Å². The summed E-state index contributed by atoms with van der Waals surface area (Å²) in [5, 5.41) is 0.958. The Bertz CT molecular complexity index is 626. The molecule has 0 fully saturated rings. The standard InChI is InChI=1S/C16H14Cl2OS/c1-20-16-5-3-2-4-11(16)6-9-15(19)13-8-7-12(17)10-14(13)18/h2-5,7-8,10H,6,9H2,1H3. The van der Waals surface area contributed by atoms with Crippen molar-refractivity contribution in [3.8, 4) is 0 Å². The van der Waals surface area contributed by atoms with Crippen LogP contribution in [0.2, 0.25) is 10.0 Å². The summed E-state index contributed by atoms with van der Waals surface area (Å²) < 4.78 is 0. The second-order valence-electron chi connectivity index (χ2n) is 4.36. The number of carbonyl (C=O) groups is 1. The lowest BCUT2D eigenvalue weighted by Crippen LogP contribution is -2.02. The van der Waals surface area contributed by atoms with Crippen LogP contribution >= 0.6 is 35.0 Å². The average Bonchev–Trinajstić information content (AvgIpc) is 2.45. The molecule has 104 valence electrons. The summed E-state index contributed by atoms with van der Waals surface area (Å²) in [6.45, 7) is 0. The van der Waals surface area contributed by atoms with Gasteiger partial charge < -0.3 is 0 Å². The van der Waals surface area contributed by atoms with Crippen molar-refractivity contribution in [3.05, 3.63) is 63.6 Å². The van der Waals surface area contributed by atoms with Crippen molar-refractivity contribution in [3.63, 3.8) is 0 Å². The Kier molecular flexibility index (Phi) is 5.53. The number of halogens is 2. The van der Waals surface area contributed by atoms with Gasteiger partial charge in [-0.2, -0.15) is 0 Å². The average molecular weight is 325 g/mol. The molecule has 0 N–H and O–H groups in total. The Morgan fingerprint density at radius 3 is 2.60 bits per heavy atom. The van der Waals surface area contributed by atoms with Crippen molar-refractivity contribution in [1.29, 1.82) is 0 Å². The summed E-state index contributed by atoms with van der Waals surface area (Å²) >= 11 is 13.6. The van der Waals surface area contributed by atoms with Crippen LogP contribution in [0.25, 0.3) is 0 Å². The van der Waals surface area contributed by atoms with Crippen LogP contribution in [0.4, 0.5) is 0 Å². The summed E-state index contributed by atoms with van der Waals surface area (Å²) in [6.07, 6.45) is 3.20.